The van der Waals surface area contributed by atoms with Gasteiger partial charge in [-0.1, -0.05) is 30.3 Å². The molecule has 0 atom stereocenters. The first-order valence-corrected chi connectivity index (χ1v) is 10.5. The predicted octanol–water partition coefficient (Wildman–Crippen LogP) is 5.10. The van der Waals surface area contributed by atoms with Crippen LogP contribution in [0.2, 0.25) is 0 Å². The Morgan fingerprint density at radius 1 is 0.966 bits per heavy atom. The van der Waals surface area contributed by atoms with Gasteiger partial charge in [0.15, 0.2) is 0 Å². The molecule has 2 aromatic carbocycles. The second-order valence-corrected chi connectivity index (χ2v) is 8.69. The van der Waals surface area contributed by atoms with Crippen molar-refractivity contribution in [2.45, 2.75) is 26.4 Å². The summed E-state index contributed by atoms with van der Waals surface area (Å²) >= 11 is 3.57. The van der Waals surface area contributed by atoms with E-state index in [1.54, 1.807) is 4.90 Å². The smallest absolute Gasteiger partial charge is 0.410 e. The number of nitrogens with zero attached hydrogens (tertiary/aromatic N) is 3. The summed E-state index contributed by atoms with van der Waals surface area (Å²) in [6.45, 7) is 8.15. The van der Waals surface area contributed by atoms with Crippen LogP contribution in [0.3, 0.4) is 0 Å². The number of piperazine rings is 1. The molecule has 7 heteroatoms. The molecular formula is C22H27BrN4O2. The van der Waals surface area contributed by atoms with Crippen LogP contribution in [0, 0.1) is 0 Å². The van der Waals surface area contributed by atoms with E-state index in [2.05, 4.69) is 26.1 Å². The SMILES string of the molecule is CC(C)(C)OC(=O)N1CCN(C(=Nc2ccccc2Br)Nc2ccccc2)CC1. The number of anilines is 1. The fourth-order valence-electron chi connectivity index (χ4n) is 2.91. The van der Waals surface area contributed by atoms with Gasteiger partial charge < -0.3 is 19.9 Å². The monoisotopic (exact) mass is 458 g/mol. The van der Waals surface area contributed by atoms with E-state index in [0.717, 1.165) is 21.8 Å². The minimum Gasteiger partial charge on any atom is -0.444 e. The number of para-hydroxylation sites is 2. The van der Waals surface area contributed by atoms with Crippen molar-refractivity contribution < 1.29 is 9.53 Å². The molecule has 1 aliphatic rings. The highest BCUT2D eigenvalue weighted by Crippen LogP contribution is 2.25. The largest absolute Gasteiger partial charge is 0.444 e. The third-order valence-corrected chi connectivity index (χ3v) is 5.01. The van der Waals surface area contributed by atoms with Crippen molar-refractivity contribution >= 4 is 39.4 Å². The lowest BCUT2D eigenvalue weighted by Gasteiger charge is -2.37. The highest BCUT2D eigenvalue weighted by molar-refractivity contribution is 9.10. The molecule has 6 nitrogen and oxygen atoms in total. The minimum atomic E-state index is -0.491. The third kappa shape index (κ3) is 6.22. The second-order valence-electron chi connectivity index (χ2n) is 7.83. The van der Waals surface area contributed by atoms with E-state index >= 15 is 0 Å². The molecular weight excluding hydrogens is 432 g/mol. The van der Waals surface area contributed by atoms with Gasteiger partial charge in [-0.3, -0.25) is 0 Å². The molecule has 0 spiro atoms. The Labute approximate surface area is 180 Å². The van der Waals surface area contributed by atoms with Crippen LogP contribution in [0.4, 0.5) is 16.2 Å². The van der Waals surface area contributed by atoms with E-state index in [9.17, 15) is 4.79 Å². The third-order valence-electron chi connectivity index (χ3n) is 4.34. The normalized spacial score (nSPS) is 15.2. The molecule has 0 unspecified atom stereocenters. The van der Waals surface area contributed by atoms with Gasteiger partial charge in [-0.05, 0) is 61.0 Å². The van der Waals surface area contributed by atoms with Gasteiger partial charge in [-0.2, -0.15) is 0 Å². The molecule has 1 heterocycles. The number of rotatable bonds is 2. The number of nitrogens with one attached hydrogen (secondary N) is 1. The van der Waals surface area contributed by atoms with Crippen molar-refractivity contribution in [2.75, 3.05) is 31.5 Å². The molecule has 0 radical (unpaired) electrons. The molecule has 0 aliphatic carbocycles. The van der Waals surface area contributed by atoms with Crippen LogP contribution in [0.15, 0.2) is 64.1 Å². The average Bonchev–Trinajstić information content (AvgIpc) is 2.69. The van der Waals surface area contributed by atoms with E-state index in [0.29, 0.717) is 26.2 Å². The summed E-state index contributed by atoms with van der Waals surface area (Å²) in [5.41, 5.74) is 1.32. The Kier molecular flexibility index (Phi) is 6.79. The number of hydrogen-bond donors (Lipinski definition) is 1. The molecule has 1 saturated heterocycles. The first-order chi connectivity index (χ1) is 13.8. The lowest BCUT2D eigenvalue weighted by atomic mass is 10.2. The zero-order valence-corrected chi connectivity index (χ0v) is 18.6. The summed E-state index contributed by atoms with van der Waals surface area (Å²) in [6, 6.07) is 17.8. The quantitative estimate of drug-likeness (QED) is 0.502. The van der Waals surface area contributed by atoms with Crippen LogP contribution in [-0.2, 0) is 4.74 Å². The molecule has 1 fully saturated rings. The minimum absolute atomic E-state index is 0.266. The highest BCUT2D eigenvalue weighted by atomic mass is 79.9. The number of amides is 1. The van der Waals surface area contributed by atoms with Crippen molar-refractivity contribution in [3.8, 4) is 0 Å². The topological polar surface area (TPSA) is 57.2 Å². The summed E-state index contributed by atoms with van der Waals surface area (Å²) in [7, 11) is 0. The number of hydrogen-bond acceptors (Lipinski definition) is 3. The van der Waals surface area contributed by atoms with E-state index in [1.807, 2.05) is 75.4 Å². The Bertz CT molecular complexity index is 857. The molecule has 0 aromatic heterocycles. The molecule has 1 aliphatic heterocycles. The maximum Gasteiger partial charge on any atom is 0.410 e. The average molecular weight is 459 g/mol. The summed E-state index contributed by atoms with van der Waals surface area (Å²) in [5.74, 6) is 0.756. The van der Waals surface area contributed by atoms with Crippen molar-refractivity contribution in [2.24, 2.45) is 4.99 Å². The number of halogens is 1. The Hall–Kier alpha value is -2.54. The molecule has 3 rings (SSSR count). The number of guanidine groups is 1. The molecule has 154 valence electrons. The number of benzene rings is 2. The van der Waals surface area contributed by atoms with Gasteiger partial charge in [-0.15, -0.1) is 0 Å². The highest BCUT2D eigenvalue weighted by Gasteiger charge is 2.27. The molecule has 1 amide bonds. The molecule has 0 bridgehead atoms. The summed E-state index contributed by atoms with van der Waals surface area (Å²) in [4.78, 5) is 21.1. The van der Waals surface area contributed by atoms with Gasteiger partial charge in [0.05, 0.1) is 5.69 Å². The number of aliphatic imine (C=N–C) groups is 1. The molecule has 29 heavy (non-hydrogen) atoms. The van der Waals surface area contributed by atoms with E-state index in [-0.39, 0.29) is 6.09 Å². The van der Waals surface area contributed by atoms with Gasteiger partial charge in [0, 0.05) is 36.3 Å². The Morgan fingerprint density at radius 2 is 1.55 bits per heavy atom. The maximum atomic E-state index is 12.4. The predicted molar refractivity (Wildman–Crippen MR) is 121 cm³/mol. The fraction of sp³-hybridized carbons (Fsp3) is 0.364. The number of carbonyl (C=O) groups is 1. The lowest BCUT2D eigenvalue weighted by molar-refractivity contribution is 0.0187. The van der Waals surface area contributed by atoms with Gasteiger partial charge in [0.1, 0.15) is 5.60 Å². The Morgan fingerprint density at radius 3 is 2.17 bits per heavy atom. The van der Waals surface area contributed by atoms with Gasteiger partial charge in [-0.25, -0.2) is 9.79 Å². The van der Waals surface area contributed by atoms with Crippen LogP contribution in [0.5, 0.6) is 0 Å². The standard InChI is InChI=1S/C22H27BrN4O2/c1-22(2,3)29-21(28)27-15-13-26(14-16-27)20(24-17-9-5-4-6-10-17)25-19-12-8-7-11-18(19)23/h4-12H,13-16H2,1-3H3,(H,24,25). The van der Waals surface area contributed by atoms with Crippen LogP contribution in [0.25, 0.3) is 0 Å². The van der Waals surface area contributed by atoms with Crippen molar-refractivity contribution in [3.63, 3.8) is 0 Å². The zero-order valence-electron chi connectivity index (χ0n) is 17.1. The van der Waals surface area contributed by atoms with Crippen molar-refractivity contribution in [3.05, 3.63) is 59.1 Å². The Balaban J connectivity index is 1.75. The van der Waals surface area contributed by atoms with E-state index < -0.39 is 5.60 Å². The van der Waals surface area contributed by atoms with Crippen LogP contribution in [0.1, 0.15) is 20.8 Å². The van der Waals surface area contributed by atoms with Gasteiger partial charge in [0.25, 0.3) is 0 Å². The lowest BCUT2D eigenvalue weighted by Crippen LogP contribution is -2.53. The molecule has 0 saturated carbocycles. The second kappa shape index (κ2) is 9.31. The van der Waals surface area contributed by atoms with Crippen molar-refractivity contribution in [1.29, 1.82) is 0 Å². The van der Waals surface area contributed by atoms with Gasteiger partial charge >= 0.3 is 6.09 Å². The van der Waals surface area contributed by atoms with E-state index in [1.165, 1.54) is 0 Å². The summed E-state index contributed by atoms with van der Waals surface area (Å²) < 4.78 is 6.43. The van der Waals surface area contributed by atoms with Gasteiger partial charge in [0.2, 0.25) is 5.96 Å². The van der Waals surface area contributed by atoms with Crippen LogP contribution < -0.4 is 5.32 Å². The first kappa shape index (κ1) is 21.2. The molecule has 1 N–H and O–H groups in total. The first-order valence-electron chi connectivity index (χ1n) is 9.70. The maximum absolute atomic E-state index is 12.4. The van der Waals surface area contributed by atoms with Crippen LogP contribution in [-0.4, -0.2) is 53.6 Å². The molecule has 2 aromatic rings. The zero-order chi connectivity index (χ0) is 20.9. The van der Waals surface area contributed by atoms with E-state index in [4.69, 9.17) is 9.73 Å². The van der Waals surface area contributed by atoms with Crippen LogP contribution >= 0.6 is 15.9 Å². The summed E-state index contributed by atoms with van der Waals surface area (Å²) in [6.07, 6.45) is -0.266. The number of carbonyl (C=O) groups excluding carboxylic acids is 1. The fourth-order valence-corrected chi connectivity index (χ4v) is 3.29. The van der Waals surface area contributed by atoms with Crippen molar-refractivity contribution in [1.82, 2.24) is 9.80 Å². The number of ether oxygens (including phenoxy) is 1. The summed E-state index contributed by atoms with van der Waals surface area (Å²) in [5, 5.41) is 3.43.